The van der Waals surface area contributed by atoms with Crippen molar-refractivity contribution in [3.63, 3.8) is 0 Å². The lowest BCUT2D eigenvalue weighted by atomic mass is 10.2. The van der Waals surface area contributed by atoms with E-state index in [0.717, 1.165) is 16.9 Å². The second-order valence-corrected chi connectivity index (χ2v) is 6.65. The molecule has 27 heavy (non-hydrogen) atoms. The molecule has 0 atom stereocenters. The molecular formula is C21H20Cl2N2O2. The molecule has 0 radical (unpaired) electrons. The molecule has 0 aliphatic heterocycles. The summed E-state index contributed by atoms with van der Waals surface area (Å²) in [7, 11) is 0. The molecular weight excluding hydrogens is 383 g/mol. The number of nitrogens with zero attached hydrogens (tertiary/aromatic N) is 1. The lowest BCUT2D eigenvalue weighted by Gasteiger charge is -2.13. The Morgan fingerprint density at radius 3 is 2.56 bits per heavy atom. The van der Waals surface area contributed by atoms with E-state index in [0.29, 0.717) is 42.2 Å². The lowest BCUT2D eigenvalue weighted by molar-refractivity contribution is 0.295. The van der Waals surface area contributed by atoms with Crippen LogP contribution in [0.3, 0.4) is 0 Å². The Labute approximate surface area is 169 Å². The second-order valence-electron chi connectivity index (χ2n) is 5.84. The molecule has 1 heterocycles. The third kappa shape index (κ3) is 6.14. The van der Waals surface area contributed by atoms with Crippen molar-refractivity contribution in [1.29, 1.82) is 0 Å². The number of para-hydroxylation sites is 1. The fourth-order valence-electron chi connectivity index (χ4n) is 2.46. The molecule has 4 nitrogen and oxygen atoms in total. The lowest BCUT2D eigenvalue weighted by Crippen LogP contribution is -2.21. The highest BCUT2D eigenvalue weighted by atomic mass is 35.5. The normalized spacial score (nSPS) is 10.6. The minimum Gasteiger partial charge on any atom is -0.489 e. The SMILES string of the molecule is Clc1ccc(COc2ccccc2CNCCOc2ccccn2)cc1Cl. The predicted octanol–water partition coefficient (Wildman–Crippen LogP) is 5.14. The Hall–Kier alpha value is -2.27. The molecule has 6 heteroatoms. The molecule has 0 amide bonds. The zero-order chi connectivity index (χ0) is 18.9. The van der Waals surface area contributed by atoms with E-state index in [-0.39, 0.29) is 0 Å². The number of benzene rings is 2. The van der Waals surface area contributed by atoms with Gasteiger partial charge in [-0.05, 0) is 29.8 Å². The summed E-state index contributed by atoms with van der Waals surface area (Å²) in [5, 5.41) is 4.42. The first kappa shape index (κ1) is 19.5. The molecule has 0 aliphatic carbocycles. The van der Waals surface area contributed by atoms with Crippen LogP contribution in [0.2, 0.25) is 10.0 Å². The maximum absolute atomic E-state index is 6.06. The summed E-state index contributed by atoms with van der Waals surface area (Å²) in [5.41, 5.74) is 2.05. The van der Waals surface area contributed by atoms with Crippen molar-refractivity contribution < 1.29 is 9.47 Å². The topological polar surface area (TPSA) is 43.4 Å². The highest BCUT2D eigenvalue weighted by Gasteiger charge is 2.05. The van der Waals surface area contributed by atoms with Crippen molar-refractivity contribution in [2.45, 2.75) is 13.2 Å². The van der Waals surface area contributed by atoms with Gasteiger partial charge in [-0.15, -0.1) is 0 Å². The van der Waals surface area contributed by atoms with Crippen molar-refractivity contribution in [2.75, 3.05) is 13.2 Å². The highest BCUT2D eigenvalue weighted by Crippen LogP contribution is 2.24. The monoisotopic (exact) mass is 402 g/mol. The van der Waals surface area contributed by atoms with Crippen LogP contribution >= 0.6 is 23.2 Å². The number of hydrogen-bond acceptors (Lipinski definition) is 4. The van der Waals surface area contributed by atoms with Crippen LogP contribution in [0.15, 0.2) is 66.9 Å². The Balaban J connectivity index is 1.47. The van der Waals surface area contributed by atoms with Gasteiger partial charge in [0.25, 0.3) is 0 Å². The third-order valence-corrected chi connectivity index (χ3v) is 4.57. The Morgan fingerprint density at radius 2 is 1.74 bits per heavy atom. The van der Waals surface area contributed by atoms with Crippen LogP contribution in [-0.2, 0) is 13.2 Å². The van der Waals surface area contributed by atoms with Crippen LogP contribution in [0, 0.1) is 0 Å². The number of nitrogens with one attached hydrogen (secondary N) is 1. The van der Waals surface area contributed by atoms with Crippen LogP contribution in [0.5, 0.6) is 11.6 Å². The molecule has 2 aromatic carbocycles. The number of rotatable bonds is 9. The molecule has 0 saturated heterocycles. The number of pyridine rings is 1. The van der Waals surface area contributed by atoms with Gasteiger partial charge in [-0.25, -0.2) is 4.98 Å². The van der Waals surface area contributed by atoms with Gasteiger partial charge in [-0.2, -0.15) is 0 Å². The molecule has 1 aromatic heterocycles. The molecule has 0 spiro atoms. The molecule has 1 N–H and O–H groups in total. The molecule has 3 aromatic rings. The number of ether oxygens (including phenoxy) is 2. The third-order valence-electron chi connectivity index (χ3n) is 3.83. The Bertz CT molecular complexity index is 860. The summed E-state index contributed by atoms with van der Waals surface area (Å²) < 4.78 is 11.5. The summed E-state index contributed by atoms with van der Waals surface area (Å²) in [4.78, 5) is 4.13. The Kier molecular flexibility index (Phi) is 7.34. The smallest absolute Gasteiger partial charge is 0.213 e. The van der Waals surface area contributed by atoms with Crippen LogP contribution < -0.4 is 14.8 Å². The first-order valence-electron chi connectivity index (χ1n) is 8.61. The van der Waals surface area contributed by atoms with Gasteiger partial charge < -0.3 is 14.8 Å². The van der Waals surface area contributed by atoms with Crippen molar-refractivity contribution in [3.8, 4) is 11.6 Å². The molecule has 140 valence electrons. The zero-order valence-electron chi connectivity index (χ0n) is 14.7. The quantitative estimate of drug-likeness (QED) is 0.503. The van der Waals surface area contributed by atoms with Crippen LogP contribution in [0.4, 0.5) is 0 Å². The molecule has 0 saturated carbocycles. The summed E-state index contributed by atoms with van der Waals surface area (Å²) in [6.07, 6.45) is 1.71. The average Bonchev–Trinajstić information content (AvgIpc) is 2.70. The molecule has 3 rings (SSSR count). The fraction of sp³-hybridized carbons (Fsp3) is 0.190. The van der Waals surface area contributed by atoms with Crippen molar-refractivity contribution in [3.05, 3.63) is 88.0 Å². The number of hydrogen-bond donors (Lipinski definition) is 1. The molecule has 0 fully saturated rings. The van der Waals surface area contributed by atoms with Crippen LogP contribution in [0.25, 0.3) is 0 Å². The Morgan fingerprint density at radius 1 is 0.889 bits per heavy atom. The van der Waals surface area contributed by atoms with E-state index in [1.165, 1.54) is 0 Å². The molecule has 0 aliphatic rings. The van der Waals surface area contributed by atoms with Gasteiger partial charge in [0.1, 0.15) is 19.0 Å². The number of aromatic nitrogens is 1. The number of halogens is 2. The van der Waals surface area contributed by atoms with Gasteiger partial charge in [0, 0.05) is 30.9 Å². The highest BCUT2D eigenvalue weighted by molar-refractivity contribution is 6.42. The molecule has 0 unspecified atom stereocenters. The minimum atomic E-state index is 0.427. The summed E-state index contributed by atoms with van der Waals surface area (Å²) in [6.45, 7) is 2.36. The summed E-state index contributed by atoms with van der Waals surface area (Å²) in [5.74, 6) is 1.46. The van der Waals surface area contributed by atoms with Gasteiger partial charge in [-0.3, -0.25) is 0 Å². The summed E-state index contributed by atoms with van der Waals surface area (Å²) in [6, 6.07) is 19.0. The molecule has 0 bridgehead atoms. The average molecular weight is 403 g/mol. The van der Waals surface area contributed by atoms with E-state index < -0.39 is 0 Å². The van der Waals surface area contributed by atoms with Gasteiger partial charge in [-0.1, -0.05) is 53.5 Å². The van der Waals surface area contributed by atoms with Crippen molar-refractivity contribution >= 4 is 23.2 Å². The van der Waals surface area contributed by atoms with E-state index in [2.05, 4.69) is 10.3 Å². The van der Waals surface area contributed by atoms with E-state index in [4.69, 9.17) is 32.7 Å². The van der Waals surface area contributed by atoms with Gasteiger partial charge in [0.15, 0.2) is 0 Å². The van der Waals surface area contributed by atoms with E-state index in [1.807, 2.05) is 54.6 Å². The van der Waals surface area contributed by atoms with E-state index in [9.17, 15) is 0 Å². The van der Waals surface area contributed by atoms with Crippen LogP contribution in [0.1, 0.15) is 11.1 Å². The van der Waals surface area contributed by atoms with Gasteiger partial charge in [0.05, 0.1) is 10.0 Å². The van der Waals surface area contributed by atoms with E-state index in [1.54, 1.807) is 12.3 Å². The van der Waals surface area contributed by atoms with Gasteiger partial charge in [0.2, 0.25) is 5.88 Å². The minimum absolute atomic E-state index is 0.427. The zero-order valence-corrected chi connectivity index (χ0v) is 16.2. The van der Waals surface area contributed by atoms with E-state index >= 15 is 0 Å². The van der Waals surface area contributed by atoms with Crippen molar-refractivity contribution in [1.82, 2.24) is 10.3 Å². The largest absolute Gasteiger partial charge is 0.489 e. The van der Waals surface area contributed by atoms with Crippen molar-refractivity contribution in [2.24, 2.45) is 0 Å². The standard InChI is InChI=1S/C21H20Cl2N2O2/c22-18-9-8-16(13-19(18)23)15-27-20-6-2-1-5-17(20)14-24-11-12-26-21-7-3-4-10-25-21/h1-10,13,24H,11-12,14-15H2. The first-order chi connectivity index (χ1) is 13.2. The second kappa shape index (κ2) is 10.2. The maximum atomic E-state index is 6.06. The fourth-order valence-corrected chi connectivity index (χ4v) is 2.79. The predicted molar refractivity (Wildman–Crippen MR) is 109 cm³/mol. The maximum Gasteiger partial charge on any atom is 0.213 e. The first-order valence-corrected chi connectivity index (χ1v) is 9.37. The van der Waals surface area contributed by atoms with Crippen LogP contribution in [-0.4, -0.2) is 18.1 Å². The van der Waals surface area contributed by atoms with Gasteiger partial charge >= 0.3 is 0 Å². The summed E-state index contributed by atoms with van der Waals surface area (Å²) >= 11 is 12.0.